The Morgan fingerprint density at radius 1 is 1.32 bits per heavy atom. The predicted octanol–water partition coefficient (Wildman–Crippen LogP) is 5.50. The van der Waals surface area contributed by atoms with Crippen molar-refractivity contribution in [1.29, 1.82) is 0 Å². The lowest BCUT2D eigenvalue weighted by molar-refractivity contribution is 0.120. The van der Waals surface area contributed by atoms with E-state index in [-0.39, 0.29) is 10.4 Å². The molecule has 0 atom stereocenters. The van der Waals surface area contributed by atoms with Crippen LogP contribution in [0.15, 0.2) is 16.6 Å². The number of hydrogen-bond donors (Lipinski definition) is 1. The lowest BCUT2D eigenvalue weighted by Crippen LogP contribution is -2.33. The highest BCUT2D eigenvalue weighted by Crippen LogP contribution is 2.39. The van der Waals surface area contributed by atoms with Crippen molar-refractivity contribution in [2.24, 2.45) is 5.41 Å². The van der Waals surface area contributed by atoms with Gasteiger partial charge in [0.25, 0.3) is 0 Å². The van der Waals surface area contributed by atoms with E-state index in [0.29, 0.717) is 16.8 Å². The maximum absolute atomic E-state index is 13.5. The summed E-state index contributed by atoms with van der Waals surface area (Å²) in [5.74, 6) is 0.859. The number of hydrogen-bond acceptors (Lipinski definition) is 2. The Kier molecular flexibility index (Phi) is 5.44. The second-order valence-electron chi connectivity index (χ2n) is 5.20. The first-order valence-corrected chi connectivity index (χ1v) is 8.25. The molecule has 2 rings (SSSR count). The zero-order valence-corrected chi connectivity index (χ0v) is 13.8. The van der Waals surface area contributed by atoms with Gasteiger partial charge in [-0.05, 0) is 40.6 Å². The summed E-state index contributed by atoms with van der Waals surface area (Å²) in [4.78, 5) is 0. The Balaban J connectivity index is 2.07. The van der Waals surface area contributed by atoms with Gasteiger partial charge in [0.2, 0.25) is 0 Å². The van der Waals surface area contributed by atoms with Crippen LogP contribution in [-0.2, 0) is 0 Å². The SMILES string of the molecule is Fc1cc(OCC2(CS)CCCCC2)c(Br)cc1Cl. The highest BCUT2D eigenvalue weighted by Gasteiger charge is 2.31. The molecule has 1 fully saturated rings. The van der Waals surface area contributed by atoms with Crippen molar-refractivity contribution in [3.05, 3.63) is 27.4 Å². The first-order chi connectivity index (χ1) is 9.06. The maximum Gasteiger partial charge on any atom is 0.145 e. The van der Waals surface area contributed by atoms with Gasteiger partial charge in [-0.2, -0.15) is 12.6 Å². The zero-order chi connectivity index (χ0) is 13.9. The summed E-state index contributed by atoms with van der Waals surface area (Å²) < 4.78 is 20.0. The summed E-state index contributed by atoms with van der Waals surface area (Å²) in [5, 5.41) is 0.0980. The van der Waals surface area contributed by atoms with Crippen LogP contribution in [0.3, 0.4) is 0 Å². The Labute approximate surface area is 132 Å². The van der Waals surface area contributed by atoms with Crippen LogP contribution in [0.1, 0.15) is 32.1 Å². The van der Waals surface area contributed by atoms with E-state index >= 15 is 0 Å². The van der Waals surface area contributed by atoms with Crippen LogP contribution in [0.2, 0.25) is 5.02 Å². The van der Waals surface area contributed by atoms with Crippen molar-refractivity contribution in [1.82, 2.24) is 0 Å². The van der Waals surface area contributed by atoms with Gasteiger partial charge in [0.05, 0.1) is 16.1 Å². The average molecular weight is 368 g/mol. The molecule has 0 heterocycles. The monoisotopic (exact) mass is 366 g/mol. The van der Waals surface area contributed by atoms with Crippen LogP contribution in [0.5, 0.6) is 5.75 Å². The first-order valence-electron chi connectivity index (χ1n) is 6.44. The quantitative estimate of drug-likeness (QED) is 0.546. The van der Waals surface area contributed by atoms with E-state index in [9.17, 15) is 4.39 Å². The Hall–Kier alpha value is 0.0700. The zero-order valence-electron chi connectivity index (χ0n) is 10.6. The van der Waals surface area contributed by atoms with Crippen molar-refractivity contribution in [2.75, 3.05) is 12.4 Å². The van der Waals surface area contributed by atoms with Crippen LogP contribution in [-0.4, -0.2) is 12.4 Å². The highest BCUT2D eigenvalue weighted by molar-refractivity contribution is 9.10. The number of benzene rings is 1. The molecule has 0 spiro atoms. The summed E-state index contributed by atoms with van der Waals surface area (Å²) in [6, 6.07) is 2.86. The number of rotatable bonds is 4. The molecule has 1 nitrogen and oxygen atoms in total. The third-order valence-corrected chi connectivity index (χ3v) is 5.34. The first kappa shape index (κ1) is 15.5. The molecule has 1 saturated carbocycles. The number of ether oxygens (including phenoxy) is 1. The summed E-state index contributed by atoms with van der Waals surface area (Å²) in [7, 11) is 0. The van der Waals surface area contributed by atoms with E-state index in [1.165, 1.54) is 31.4 Å². The highest BCUT2D eigenvalue weighted by atomic mass is 79.9. The second kappa shape index (κ2) is 6.68. The summed E-state index contributed by atoms with van der Waals surface area (Å²) in [5.41, 5.74) is 0.122. The van der Waals surface area contributed by atoms with Crippen LogP contribution >= 0.6 is 40.2 Å². The van der Waals surface area contributed by atoms with Crippen molar-refractivity contribution < 1.29 is 9.13 Å². The lowest BCUT2D eigenvalue weighted by Gasteiger charge is -2.35. The standard InChI is InChI=1S/C14H17BrClFOS/c15-10-6-11(16)12(17)7-13(10)18-8-14(9-19)4-2-1-3-5-14/h6-7,19H,1-5,8-9H2. The van der Waals surface area contributed by atoms with E-state index in [2.05, 4.69) is 28.6 Å². The molecule has 19 heavy (non-hydrogen) atoms. The molecule has 1 aromatic rings. The van der Waals surface area contributed by atoms with Gasteiger partial charge >= 0.3 is 0 Å². The second-order valence-corrected chi connectivity index (χ2v) is 6.78. The van der Waals surface area contributed by atoms with Gasteiger partial charge in [-0.15, -0.1) is 0 Å². The van der Waals surface area contributed by atoms with E-state index in [1.807, 2.05) is 0 Å². The van der Waals surface area contributed by atoms with E-state index in [1.54, 1.807) is 0 Å². The summed E-state index contributed by atoms with van der Waals surface area (Å²) >= 11 is 13.5. The van der Waals surface area contributed by atoms with Crippen LogP contribution in [0.4, 0.5) is 4.39 Å². The third kappa shape index (κ3) is 3.79. The molecule has 1 aliphatic rings. The van der Waals surface area contributed by atoms with E-state index in [4.69, 9.17) is 16.3 Å². The van der Waals surface area contributed by atoms with E-state index in [0.717, 1.165) is 18.6 Å². The fourth-order valence-electron chi connectivity index (χ4n) is 2.50. The molecule has 5 heteroatoms. The third-order valence-electron chi connectivity index (χ3n) is 3.76. The largest absolute Gasteiger partial charge is 0.492 e. The topological polar surface area (TPSA) is 9.23 Å². The molecule has 0 radical (unpaired) electrons. The number of halogens is 3. The Morgan fingerprint density at radius 2 is 2.00 bits per heavy atom. The molecule has 0 unspecified atom stereocenters. The van der Waals surface area contributed by atoms with Gasteiger partial charge in [-0.3, -0.25) is 0 Å². The molecule has 0 bridgehead atoms. The van der Waals surface area contributed by atoms with Crippen LogP contribution in [0.25, 0.3) is 0 Å². The average Bonchev–Trinajstić information content (AvgIpc) is 2.42. The van der Waals surface area contributed by atoms with Gasteiger partial charge in [0, 0.05) is 11.5 Å². The van der Waals surface area contributed by atoms with Crippen LogP contribution in [0, 0.1) is 11.2 Å². The van der Waals surface area contributed by atoms with Crippen LogP contribution < -0.4 is 4.74 Å². The molecular weight excluding hydrogens is 351 g/mol. The maximum atomic E-state index is 13.5. The van der Waals surface area contributed by atoms with Gasteiger partial charge in [0.1, 0.15) is 11.6 Å². The molecule has 0 aromatic heterocycles. The fourth-order valence-corrected chi connectivity index (χ4v) is 3.66. The minimum absolute atomic E-state index is 0.0980. The normalized spacial score (nSPS) is 18.3. The lowest BCUT2D eigenvalue weighted by atomic mass is 9.76. The minimum Gasteiger partial charge on any atom is -0.492 e. The predicted molar refractivity (Wildman–Crippen MR) is 84.0 cm³/mol. The Morgan fingerprint density at radius 3 is 2.63 bits per heavy atom. The smallest absolute Gasteiger partial charge is 0.145 e. The number of thiol groups is 1. The molecule has 106 valence electrons. The molecule has 0 aliphatic heterocycles. The summed E-state index contributed by atoms with van der Waals surface area (Å²) in [6.45, 7) is 0.580. The van der Waals surface area contributed by atoms with E-state index < -0.39 is 5.82 Å². The van der Waals surface area contributed by atoms with Crippen molar-refractivity contribution in [3.8, 4) is 5.75 Å². The fraction of sp³-hybridized carbons (Fsp3) is 0.571. The van der Waals surface area contributed by atoms with Gasteiger partial charge in [-0.25, -0.2) is 4.39 Å². The molecule has 1 aromatic carbocycles. The molecule has 0 saturated heterocycles. The van der Waals surface area contributed by atoms with Crippen molar-refractivity contribution in [3.63, 3.8) is 0 Å². The Bertz CT molecular complexity index is 449. The van der Waals surface area contributed by atoms with Gasteiger partial charge in [-0.1, -0.05) is 30.9 Å². The minimum atomic E-state index is -0.455. The van der Waals surface area contributed by atoms with Gasteiger partial charge in [0.15, 0.2) is 0 Å². The molecular formula is C14H17BrClFOS. The van der Waals surface area contributed by atoms with Crippen molar-refractivity contribution in [2.45, 2.75) is 32.1 Å². The van der Waals surface area contributed by atoms with Crippen molar-refractivity contribution >= 4 is 40.2 Å². The molecule has 0 amide bonds. The molecule has 0 N–H and O–H groups in total. The molecule has 1 aliphatic carbocycles. The van der Waals surface area contributed by atoms with Gasteiger partial charge < -0.3 is 4.74 Å². The summed E-state index contributed by atoms with van der Waals surface area (Å²) in [6.07, 6.45) is 5.99.